The summed E-state index contributed by atoms with van der Waals surface area (Å²) in [7, 11) is 0. The van der Waals surface area contributed by atoms with Crippen LogP contribution >= 0.6 is 0 Å². The number of nitrogens with two attached hydrogens (primary N) is 1. The maximum Gasteiger partial charge on any atom is 0.246 e. The van der Waals surface area contributed by atoms with Crippen molar-refractivity contribution < 1.29 is 9.21 Å². The molecule has 0 saturated heterocycles. The molecule has 3 N–H and O–H groups in total. The van der Waals surface area contributed by atoms with Crippen LogP contribution in [-0.2, 0) is 4.79 Å². The van der Waals surface area contributed by atoms with Crippen molar-refractivity contribution in [2.24, 2.45) is 23.2 Å². The Morgan fingerprint density at radius 2 is 1.79 bits per heavy atom. The monoisotopic (exact) mass is 388 g/mol. The number of anilines is 2. The molecule has 4 aliphatic carbocycles. The Hall–Kier alpha value is -2.89. The number of pyridine rings is 1. The van der Waals surface area contributed by atoms with Crippen LogP contribution in [-0.4, -0.2) is 15.9 Å². The molecule has 4 saturated carbocycles. The minimum absolute atomic E-state index is 0.159. The maximum absolute atomic E-state index is 13.2. The third-order valence-electron chi connectivity index (χ3n) is 7.17. The average molecular weight is 388 g/mol. The number of carbonyl (C=O) groups excluding carboxylic acids is 1. The number of rotatable bonds is 3. The van der Waals surface area contributed by atoms with Crippen LogP contribution in [0.25, 0.3) is 22.7 Å². The third-order valence-corrected chi connectivity index (χ3v) is 7.17. The van der Waals surface area contributed by atoms with Crippen LogP contribution < -0.4 is 11.1 Å². The van der Waals surface area contributed by atoms with Gasteiger partial charge < -0.3 is 15.5 Å². The van der Waals surface area contributed by atoms with Gasteiger partial charge in [0, 0.05) is 5.69 Å². The first-order chi connectivity index (χ1) is 14.1. The summed E-state index contributed by atoms with van der Waals surface area (Å²) in [5.74, 6) is 2.88. The molecule has 148 valence electrons. The molecule has 1 aromatic carbocycles. The second-order valence-electron chi connectivity index (χ2n) is 9.33. The van der Waals surface area contributed by atoms with Crippen LogP contribution in [0.5, 0.6) is 0 Å². The van der Waals surface area contributed by atoms with Gasteiger partial charge in [0.05, 0.1) is 17.3 Å². The number of nitrogens with one attached hydrogen (secondary N) is 1. The fraction of sp³-hybridized carbons (Fsp3) is 0.435. The highest BCUT2D eigenvalue weighted by molar-refractivity contribution is 5.95. The van der Waals surface area contributed by atoms with Gasteiger partial charge in [0.1, 0.15) is 11.2 Å². The number of hydrogen-bond acceptors (Lipinski definition) is 5. The first-order valence-electron chi connectivity index (χ1n) is 10.5. The summed E-state index contributed by atoms with van der Waals surface area (Å²) in [6, 6.07) is 9.09. The number of fused-ring (bicyclic) bond motifs is 1. The van der Waals surface area contributed by atoms with E-state index in [1.807, 2.05) is 12.1 Å². The molecule has 6 nitrogen and oxygen atoms in total. The van der Waals surface area contributed by atoms with Gasteiger partial charge in [-0.3, -0.25) is 4.79 Å². The zero-order valence-corrected chi connectivity index (χ0v) is 16.2. The number of nitrogens with zero attached hydrogens (tertiary/aromatic N) is 2. The van der Waals surface area contributed by atoms with Crippen LogP contribution in [0, 0.1) is 23.2 Å². The SMILES string of the molecule is Nc1ccc2oc(-c3ccc(NC(=O)C45CC6CC(CC(C6)C4)C5)cn3)nc2c1. The van der Waals surface area contributed by atoms with Crippen molar-refractivity contribution in [3.05, 3.63) is 36.5 Å². The highest BCUT2D eigenvalue weighted by Gasteiger charge is 2.54. The lowest BCUT2D eigenvalue weighted by Gasteiger charge is -2.55. The minimum Gasteiger partial charge on any atom is -0.435 e. The highest BCUT2D eigenvalue weighted by atomic mass is 16.3. The molecule has 0 spiro atoms. The average Bonchev–Trinajstić information content (AvgIpc) is 3.10. The van der Waals surface area contributed by atoms with Crippen molar-refractivity contribution in [2.75, 3.05) is 11.1 Å². The molecule has 29 heavy (non-hydrogen) atoms. The van der Waals surface area contributed by atoms with E-state index in [4.69, 9.17) is 10.2 Å². The van der Waals surface area contributed by atoms with Gasteiger partial charge in [-0.25, -0.2) is 9.97 Å². The van der Waals surface area contributed by atoms with E-state index in [9.17, 15) is 4.79 Å². The van der Waals surface area contributed by atoms with Gasteiger partial charge in [-0.15, -0.1) is 0 Å². The van der Waals surface area contributed by atoms with E-state index in [0.717, 1.165) is 42.7 Å². The van der Waals surface area contributed by atoms with E-state index in [2.05, 4.69) is 15.3 Å². The van der Waals surface area contributed by atoms with Gasteiger partial charge in [-0.2, -0.15) is 0 Å². The Bertz CT molecular complexity index is 1070. The van der Waals surface area contributed by atoms with Crippen LogP contribution in [0.1, 0.15) is 38.5 Å². The number of hydrogen-bond donors (Lipinski definition) is 2. The normalized spacial score (nSPS) is 30.0. The first kappa shape index (κ1) is 17.0. The van der Waals surface area contributed by atoms with Gasteiger partial charge in [-0.05, 0) is 86.6 Å². The second-order valence-corrected chi connectivity index (χ2v) is 9.33. The molecule has 7 rings (SSSR count). The van der Waals surface area contributed by atoms with E-state index < -0.39 is 0 Å². The van der Waals surface area contributed by atoms with Gasteiger partial charge in [0.15, 0.2) is 5.58 Å². The fourth-order valence-electron chi connectivity index (χ4n) is 6.30. The van der Waals surface area contributed by atoms with Crippen molar-refractivity contribution in [1.29, 1.82) is 0 Å². The summed E-state index contributed by atoms with van der Waals surface area (Å²) in [6.07, 6.45) is 8.86. The minimum atomic E-state index is -0.159. The quantitative estimate of drug-likeness (QED) is 0.638. The molecular formula is C23H24N4O2. The van der Waals surface area contributed by atoms with Crippen LogP contribution in [0.2, 0.25) is 0 Å². The summed E-state index contributed by atoms with van der Waals surface area (Å²) in [6.45, 7) is 0. The van der Waals surface area contributed by atoms with Crippen LogP contribution in [0.4, 0.5) is 11.4 Å². The molecule has 4 bridgehead atoms. The second kappa shape index (κ2) is 6.05. The Morgan fingerprint density at radius 3 is 2.45 bits per heavy atom. The van der Waals surface area contributed by atoms with Gasteiger partial charge in [-0.1, -0.05) is 0 Å². The molecule has 0 unspecified atom stereocenters. The van der Waals surface area contributed by atoms with Crippen molar-refractivity contribution in [2.45, 2.75) is 38.5 Å². The standard InChI is InChI=1S/C23H24N4O2/c24-16-1-4-20-19(8-16)27-21(29-20)18-3-2-17(12-25-18)26-22(28)23-9-13-5-14(10-23)7-15(6-13)11-23/h1-4,8,12-15H,5-7,9-11,24H2,(H,26,28). The fourth-order valence-corrected chi connectivity index (χ4v) is 6.30. The topological polar surface area (TPSA) is 94.0 Å². The molecule has 0 radical (unpaired) electrons. The molecule has 3 aromatic rings. The number of nitrogen functional groups attached to an aromatic ring is 1. The molecule has 6 heteroatoms. The Kier molecular flexibility index (Phi) is 3.55. The lowest BCUT2D eigenvalue weighted by atomic mass is 9.49. The summed E-state index contributed by atoms with van der Waals surface area (Å²) in [5, 5.41) is 3.14. The number of benzene rings is 1. The maximum atomic E-state index is 13.2. The molecule has 0 atom stereocenters. The van der Waals surface area contributed by atoms with E-state index in [1.165, 1.54) is 19.3 Å². The van der Waals surface area contributed by atoms with Crippen molar-refractivity contribution in [3.8, 4) is 11.6 Å². The van der Waals surface area contributed by atoms with Crippen LogP contribution in [0.3, 0.4) is 0 Å². The molecule has 1 amide bonds. The number of amides is 1. The summed E-state index contributed by atoms with van der Waals surface area (Å²) in [5.41, 5.74) is 9.04. The van der Waals surface area contributed by atoms with E-state index in [1.54, 1.807) is 24.4 Å². The van der Waals surface area contributed by atoms with E-state index in [-0.39, 0.29) is 11.3 Å². The Balaban J connectivity index is 1.21. The molecule has 4 aliphatic rings. The van der Waals surface area contributed by atoms with Gasteiger partial charge >= 0.3 is 0 Å². The first-order valence-corrected chi connectivity index (χ1v) is 10.5. The molecule has 2 heterocycles. The van der Waals surface area contributed by atoms with Crippen molar-refractivity contribution >= 4 is 28.4 Å². The van der Waals surface area contributed by atoms with Crippen molar-refractivity contribution in [3.63, 3.8) is 0 Å². The van der Waals surface area contributed by atoms with Gasteiger partial charge in [0.25, 0.3) is 0 Å². The van der Waals surface area contributed by atoms with E-state index >= 15 is 0 Å². The largest absolute Gasteiger partial charge is 0.435 e. The third kappa shape index (κ3) is 2.81. The zero-order chi connectivity index (χ0) is 19.6. The highest BCUT2D eigenvalue weighted by Crippen LogP contribution is 2.60. The summed E-state index contributed by atoms with van der Waals surface area (Å²) in [4.78, 5) is 22.1. The van der Waals surface area contributed by atoms with Crippen LogP contribution in [0.15, 0.2) is 40.9 Å². The Labute approximate surface area is 168 Å². The number of carbonyl (C=O) groups is 1. The lowest BCUT2D eigenvalue weighted by molar-refractivity contribution is -0.140. The lowest BCUT2D eigenvalue weighted by Crippen LogP contribution is -2.51. The van der Waals surface area contributed by atoms with Gasteiger partial charge in [0.2, 0.25) is 11.8 Å². The van der Waals surface area contributed by atoms with E-state index in [0.29, 0.717) is 28.4 Å². The molecule has 4 fully saturated rings. The molecular weight excluding hydrogens is 364 g/mol. The molecule has 2 aromatic heterocycles. The smallest absolute Gasteiger partial charge is 0.246 e. The summed E-state index contributed by atoms with van der Waals surface area (Å²) < 4.78 is 5.78. The predicted molar refractivity (Wildman–Crippen MR) is 111 cm³/mol. The van der Waals surface area contributed by atoms with Crippen molar-refractivity contribution in [1.82, 2.24) is 9.97 Å². The predicted octanol–water partition coefficient (Wildman–Crippen LogP) is 4.63. The summed E-state index contributed by atoms with van der Waals surface area (Å²) >= 11 is 0. The zero-order valence-electron chi connectivity index (χ0n) is 16.2. The molecule has 0 aliphatic heterocycles. The Morgan fingerprint density at radius 1 is 1.07 bits per heavy atom. The number of oxazole rings is 1. The number of aromatic nitrogens is 2.